The zero-order chi connectivity index (χ0) is 12.6. The molecule has 1 fully saturated rings. The Hall–Kier alpha value is -0.960. The van der Waals surface area contributed by atoms with Crippen molar-refractivity contribution in [1.82, 2.24) is 9.55 Å². The minimum atomic E-state index is -0.798. The highest BCUT2D eigenvalue weighted by molar-refractivity contribution is 9.10. The fourth-order valence-corrected chi connectivity index (χ4v) is 2.02. The summed E-state index contributed by atoms with van der Waals surface area (Å²) in [5.41, 5.74) is 4.91. The Morgan fingerprint density at radius 3 is 3.00 bits per heavy atom. The molecule has 1 aromatic heterocycles. The molecule has 7 nitrogen and oxygen atoms in total. The largest absolute Gasteiger partial charge is 0.394 e. The first kappa shape index (κ1) is 12.5. The Bertz CT molecular complexity index is 478. The van der Waals surface area contributed by atoms with Gasteiger partial charge in [0.1, 0.15) is 18.1 Å². The highest BCUT2D eigenvalue weighted by atomic mass is 79.9. The second-order valence-corrected chi connectivity index (χ2v) is 4.63. The van der Waals surface area contributed by atoms with Gasteiger partial charge in [-0.15, -0.1) is 0 Å². The molecule has 0 radical (unpaired) electrons. The summed E-state index contributed by atoms with van der Waals surface area (Å²) in [6, 6.07) is 0. The highest BCUT2D eigenvalue weighted by Crippen LogP contribution is 2.28. The molecule has 1 aliphatic rings. The van der Waals surface area contributed by atoms with E-state index in [1.807, 2.05) is 0 Å². The third-order valence-corrected chi connectivity index (χ3v) is 3.24. The zero-order valence-corrected chi connectivity index (χ0v) is 10.4. The second kappa shape index (κ2) is 4.73. The molecule has 1 aliphatic heterocycles. The van der Waals surface area contributed by atoms with Gasteiger partial charge in [-0.1, -0.05) is 0 Å². The van der Waals surface area contributed by atoms with Crippen LogP contribution in [0.1, 0.15) is 12.6 Å². The molecule has 0 spiro atoms. The molecule has 4 N–H and O–H groups in total. The zero-order valence-electron chi connectivity index (χ0n) is 8.78. The van der Waals surface area contributed by atoms with Crippen molar-refractivity contribution >= 4 is 21.7 Å². The smallest absolute Gasteiger partial charge is 0.351 e. The molecule has 0 aliphatic carbocycles. The van der Waals surface area contributed by atoms with Gasteiger partial charge in [0.25, 0.3) is 0 Å². The van der Waals surface area contributed by atoms with Crippen LogP contribution >= 0.6 is 15.9 Å². The van der Waals surface area contributed by atoms with Gasteiger partial charge in [-0.05, 0) is 15.9 Å². The minimum Gasteiger partial charge on any atom is -0.394 e. The van der Waals surface area contributed by atoms with Crippen LogP contribution in [-0.4, -0.2) is 38.6 Å². The molecule has 8 heteroatoms. The summed E-state index contributed by atoms with van der Waals surface area (Å²) in [7, 11) is 0. The normalized spacial score (nSPS) is 28.5. The number of hydrogen-bond acceptors (Lipinski definition) is 6. The van der Waals surface area contributed by atoms with Gasteiger partial charge in [0.2, 0.25) is 0 Å². The fourth-order valence-electron chi connectivity index (χ4n) is 1.71. The molecular weight excluding hydrogens is 294 g/mol. The van der Waals surface area contributed by atoms with Crippen LogP contribution in [0.2, 0.25) is 0 Å². The van der Waals surface area contributed by atoms with Gasteiger partial charge in [0, 0.05) is 12.6 Å². The fraction of sp³-hybridized carbons (Fsp3) is 0.556. The average molecular weight is 306 g/mol. The number of aliphatic hydroxyl groups is 2. The molecular formula is C9H12BrN3O4. The molecule has 1 aromatic rings. The minimum absolute atomic E-state index is 0.100. The van der Waals surface area contributed by atoms with Crippen LogP contribution in [0.25, 0.3) is 0 Å². The summed E-state index contributed by atoms with van der Waals surface area (Å²) in [6.07, 6.45) is -0.430. The van der Waals surface area contributed by atoms with Crippen molar-refractivity contribution in [3.63, 3.8) is 0 Å². The number of aromatic nitrogens is 2. The number of nitrogens with two attached hydrogens (primary N) is 1. The molecule has 2 heterocycles. The Balaban J connectivity index is 2.30. The van der Waals surface area contributed by atoms with Crippen LogP contribution < -0.4 is 11.4 Å². The second-order valence-electron chi connectivity index (χ2n) is 3.78. The van der Waals surface area contributed by atoms with Crippen molar-refractivity contribution in [2.24, 2.45) is 0 Å². The van der Waals surface area contributed by atoms with E-state index in [1.165, 1.54) is 10.8 Å². The van der Waals surface area contributed by atoms with Crippen LogP contribution in [0.15, 0.2) is 15.5 Å². The van der Waals surface area contributed by atoms with Crippen LogP contribution in [0, 0.1) is 0 Å². The maximum absolute atomic E-state index is 11.6. The van der Waals surface area contributed by atoms with Gasteiger partial charge in [-0.3, -0.25) is 4.57 Å². The number of halogens is 1. The molecule has 2 unspecified atom stereocenters. The highest BCUT2D eigenvalue weighted by Gasteiger charge is 2.35. The van der Waals surface area contributed by atoms with Crippen molar-refractivity contribution in [2.45, 2.75) is 24.9 Å². The predicted molar refractivity (Wildman–Crippen MR) is 62.2 cm³/mol. The Morgan fingerprint density at radius 1 is 1.71 bits per heavy atom. The molecule has 0 amide bonds. The van der Waals surface area contributed by atoms with E-state index in [0.29, 0.717) is 4.47 Å². The van der Waals surface area contributed by atoms with Crippen LogP contribution in [0.4, 0.5) is 5.82 Å². The maximum Gasteiger partial charge on any atom is 0.351 e. The van der Waals surface area contributed by atoms with E-state index in [4.69, 9.17) is 15.6 Å². The van der Waals surface area contributed by atoms with Gasteiger partial charge >= 0.3 is 5.69 Å². The molecule has 0 saturated carbocycles. The van der Waals surface area contributed by atoms with E-state index in [9.17, 15) is 9.90 Å². The Labute approximate surface area is 105 Å². The lowest BCUT2D eigenvalue weighted by Gasteiger charge is -2.14. The van der Waals surface area contributed by atoms with E-state index in [-0.39, 0.29) is 18.8 Å². The van der Waals surface area contributed by atoms with Crippen molar-refractivity contribution in [1.29, 1.82) is 0 Å². The summed E-state index contributed by atoms with van der Waals surface area (Å²) in [5.74, 6) is 0.100. The molecule has 0 bridgehead atoms. The lowest BCUT2D eigenvalue weighted by Crippen LogP contribution is -2.28. The third-order valence-electron chi connectivity index (χ3n) is 2.63. The first-order valence-electron chi connectivity index (χ1n) is 5.01. The summed E-state index contributed by atoms with van der Waals surface area (Å²) >= 11 is 3.16. The van der Waals surface area contributed by atoms with Gasteiger partial charge in [0.15, 0.2) is 0 Å². The number of ether oxygens (including phenoxy) is 1. The monoisotopic (exact) mass is 305 g/mol. The number of nitrogens with zero attached hydrogens (tertiary/aromatic N) is 2. The topological polar surface area (TPSA) is 111 Å². The number of rotatable bonds is 2. The van der Waals surface area contributed by atoms with E-state index in [0.717, 1.165) is 0 Å². The van der Waals surface area contributed by atoms with Gasteiger partial charge < -0.3 is 20.7 Å². The third kappa shape index (κ3) is 2.34. The number of aliphatic hydroxyl groups excluding tert-OH is 2. The summed E-state index contributed by atoms with van der Waals surface area (Å²) < 4.78 is 7.06. The van der Waals surface area contributed by atoms with E-state index < -0.39 is 24.1 Å². The lowest BCUT2D eigenvalue weighted by molar-refractivity contribution is -0.0459. The van der Waals surface area contributed by atoms with Crippen molar-refractivity contribution in [2.75, 3.05) is 12.3 Å². The number of anilines is 1. The Morgan fingerprint density at radius 2 is 2.41 bits per heavy atom. The summed E-state index contributed by atoms with van der Waals surface area (Å²) in [6.45, 7) is -0.296. The molecule has 1 saturated heterocycles. The molecule has 94 valence electrons. The van der Waals surface area contributed by atoms with Gasteiger partial charge in [-0.25, -0.2) is 4.79 Å². The van der Waals surface area contributed by atoms with Crippen LogP contribution in [0.3, 0.4) is 0 Å². The molecule has 3 atom stereocenters. The van der Waals surface area contributed by atoms with Crippen LogP contribution in [0.5, 0.6) is 0 Å². The van der Waals surface area contributed by atoms with E-state index >= 15 is 0 Å². The summed E-state index contributed by atoms with van der Waals surface area (Å²) in [5, 5.41) is 18.5. The lowest BCUT2D eigenvalue weighted by atomic mass is 10.2. The standard InChI is InChI=1S/C9H12BrN3O4/c10-4-2-13(9(16)12-8(4)11)7-1-5(15)6(3-14)17-7/h2,5-7,14-15H,1,3H2,(H2,11,12,16)/t5-,6?,7?/m1/s1. The number of nitrogen functional groups attached to an aromatic ring is 1. The molecule has 2 rings (SSSR count). The molecule has 17 heavy (non-hydrogen) atoms. The molecule has 0 aromatic carbocycles. The predicted octanol–water partition coefficient (Wildman–Crippen LogP) is -0.771. The number of hydrogen-bond donors (Lipinski definition) is 3. The van der Waals surface area contributed by atoms with Crippen molar-refractivity contribution < 1.29 is 14.9 Å². The Kier molecular flexibility index (Phi) is 3.48. The van der Waals surface area contributed by atoms with Gasteiger partial charge in [0.05, 0.1) is 17.2 Å². The first-order valence-corrected chi connectivity index (χ1v) is 5.80. The van der Waals surface area contributed by atoms with Crippen molar-refractivity contribution in [3.05, 3.63) is 21.2 Å². The van der Waals surface area contributed by atoms with Gasteiger partial charge in [-0.2, -0.15) is 4.98 Å². The first-order chi connectivity index (χ1) is 8.02. The summed E-state index contributed by atoms with van der Waals surface area (Å²) in [4.78, 5) is 15.2. The quantitative estimate of drug-likeness (QED) is 0.662. The maximum atomic E-state index is 11.6. The van der Waals surface area contributed by atoms with Crippen LogP contribution in [-0.2, 0) is 4.74 Å². The van der Waals surface area contributed by atoms with E-state index in [2.05, 4.69) is 20.9 Å². The van der Waals surface area contributed by atoms with Crippen molar-refractivity contribution in [3.8, 4) is 0 Å². The average Bonchev–Trinajstić information content (AvgIpc) is 2.65. The van der Waals surface area contributed by atoms with E-state index in [1.54, 1.807) is 0 Å². The SMILES string of the molecule is Nc1nc(=O)n(C2C[C@@H](O)C(CO)O2)cc1Br.